The molecule has 2 rings (SSSR count). The van der Waals surface area contributed by atoms with Crippen LogP contribution in [0, 0.1) is 0 Å². The Morgan fingerprint density at radius 2 is 1.61 bits per heavy atom. The first-order chi connectivity index (χ1) is 12.7. The summed E-state index contributed by atoms with van der Waals surface area (Å²) in [6, 6.07) is 6.53. The number of esters is 1. The molecule has 0 heterocycles. The first kappa shape index (κ1) is 22.4. The zero-order valence-electron chi connectivity index (χ0n) is 16.7. The molecule has 7 heteroatoms. The molecule has 1 unspecified atom stereocenters. The Bertz CT molecular complexity index is 727. The highest BCUT2D eigenvalue weighted by molar-refractivity contribution is 5.88. The van der Waals surface area contributed by atoms with Crippen LogP contribution in [0.4, 0.5) is 13.2 Å². The quantitative estimate of drug-likeness (QED) is 0.413. The first-order valence-corrected chi connectivity index (χ1v) is 9.19. The number of halogens is 3. The minimum absolute atomic E-state index is 0.260. The molecule has 1 N–H and O–H groups in total. The molecule has 1 aromatic carbocycles. The number of alkyl halides is 3. The van der Waals surface area contributed by atoms with Gasteiger partial charge >= 0.3 is 12.1 Å². The van der Waals surface area contributed by atoms with Crippen LogP contribution in [0.1, 0.15) is 58.9 Å². The van der Waals surface area contributed by atoms with Crippen LogP contribution in [0.2, 0.25) is 0 Å². The number of hydrogen-bond acceptors (Lipinski definition) is 4. The number of benzene rings is 1. The Morgan fingerprint density at radius 3 is 2.04 bits per heavy atom. The van der Waals surface area contributed by atoms with Crippen LogP contribution in [0.15, 0.2) is 36.4 Å². The highest BCUT2D eigenvalue weighted by atomic mass is 19.4. The van der Waals surface area contributed by atoms with Crippen LogP contribution in [-0.2, 0) is 15.1 Å². The van der Waals surface area contributed by atoms with Gasteiger partial charge in [0.05, 0.1) is 5.60 Å². The fourth-order valence-electron chi connectivity index (χ4n) is 3.35. The minimum Gasteiger partial charge on any atom is -0.423 e. The smallest absolute Gasteiger partial charge is 0.419 e. The molecule has 28 heavy (non-hydrogen) atoms. The molecule has 1 atom stereocenters. The van der Waals surface area contributed by atoms with Gasteiger partial charge in [-0.1, -0.05) is 31.6 Å². The molecular formula is C21H27F3O4. The Hall–Kier alpha value is -1.86. The predicted molar refractivity (Wildman–Crippen MR) is 98.9 cm³/mol. The fraction of sp³-hybridized carbons (Fsp3) is 0.571. The molecule has 1 fully saturated rings. The molecule has 1 aromatic rings. The van der Waals surface area contributed by atoms with Gasteiger partial charge in [0.15, 0.2) is 5.60 Å². The van der Waals surface area contributed by atoms with E-state index < -0.39 is 28.9 Å². The third-order valence-corrected chi connectivity index (χ3v) is 5.53. The second-order valence-electron chi connectivity index (χ2n) is 8.08. The molecule has 1 saturated carbocycles. The van der Waals surface area contributed by atoms with Crippen molar-refractivity contribution in [1.29, 1.82) is 0 Å². The van der Waals surface area contributed by atoms with E-state index in [1.54, 1.807) is 24.3 Å². The number of hydrogen-bond donors (Lipinski definition) is 1. The Kier molecular flexibility index (Phi) is 6.02. The molecule has 0 amide bonds. The van der Waals surface area contributed by atoms with E-state index in [2.05, 4.69) is 6.58 Å². The first-order valence-electron chi connectivity index (χ1n) is 9.19. The van der Waals surface area contributed by atoms with E-state index in [1.807, 2.05) is 0 Å². The zero-order valence-corrected chi connectivity index (χ0v) is 16.7. The van der Waals surface area contributed by atoms with Gasteiger partial charge in [-0.25, -0.2) is 4.79 Å². The summed E-state index contributed by atoms with van der Waals surface area (Å²) in [5, 5.41) is 10.2. The lowest BCUT2D eigenvalue weighted by atomic mass is 9.83. The lowest BCUT2D eigenvalue weighted by molar-refractivity contribution is -0.330. The van der Waals surface area contributed by atoms with E-state index in [4.69, 9.17) is 9.47 Å². The summed E-state index contributed by atoms with van der Waals surface area (Å²) in [7, 11) is 0. The summed E-state index contributed by atoms with van der Waals surface area (Å²) in [4.78, 5) is 11.6. The van der Waals surface area contributed by atoms with E-state index >= 15 is 0 Å². The second-order valence-corrected chi connectivity index (χ2v) is 8.08. The molecular weight excluding hydrogens is 373 g/mol. The van der Waals surface area contributed by atoms with Gasteiger partial charge in [-0.2, -0.15) is 13.2 Å². The maximum absolute atomic E-state index is 13.4. The summed E-state index contributed by atoms with van der Waals surface area (Å²) in [6.07, 6.45) is -2.16. The number of carbonyl (C=O) groups is 1. The average Bonchev–Trinajstić information content (AvgIpc) is 3.03. The molecule has 0 aliphatic heterocycles. The number of rotatable bonds is 6. The van der Waals surface area contributed by atoms with Crippen LogP contribution in [0.25, 0.3) is 0 Å². The summed E-state index contributed by atoms with van der Waals surface area (Å²) < 4.78 is 51.3. The predicted octanol–water partition coefficient (Wildman–Crippen LogP) is 5.05. The highest BCUT2D eigenvalue weighted by Gasteiger charge is 2.62. The van der Waals surface area contributed by atoms with Crippen LogP contribution >= 0.6 is 0 Å². The van der Waals surface area contributed by atoms with E-state index in [-0.39, 0.29) is 5.57 Å². The van der Waals surface area contributed by atoms with Gasteiger partial charge in [-0.15, -0.1) is 0 Å². The van der Waals surface area contributed by atoms with E-state index in [0.29, 0.717) is 24.2 Å². The highest BCUT2D eigenvalue weighted by Crippen LogP contribution is 2.49. The van der Waals surface area contributed by atoms with Crippen LogP contribution in [0.5, 0.6) is 5.75 Å². The third kappa shape index (κ3) is 4.25. The second kappa shape index (κ2) is 7.52. The number of carbonyl (C=O) groups excluding carboxylic acids is 1. The Morgan fingerprint density at radius 1 is 1.11 bits per heavy atom. The Labute approximate surface area is 163 Å². The van der Waals surface area contributed by atoms with Gasteiger partial charge in [-0.3, -0.25) is 0 Å². The molecule has 0 radical (unpaired) electrons. The largest absolute Gasteiger partial charge is 0.423 e. The SMILES string of the molecule is C=C(C)C(=O)Oc1ccc(C2(OC(C)(C)C(C)(O)C(F)(F)F)CCCC2)cc1. The van der Waals surface area contributed by atoms with Crippen LogP contribution in [0.3, 0.4) is 0 Å². The van der Waals surface area contributed by atoms with Crippen molar-refractivity contribution in [2.45, 2.75) is 76.4 Å². The molecule has 0 aromatic heterocycles. The Balaban J connectivity index is 2.31. The lowest BCUT2D eigenvalue weighted by Crippen LogP contribution is -2.61. The fourth-order valence-corrected chi connectivity index (χ4v) is 3.35. The molecule has 0 saturated heterocycles. The van der Waals surface area contributed by atoms with E-state index in [9.17, 15) is 23.1 Å². The van der Waals surface area contributed by atoms with Gasteiger partial charge in [-0.05, 0) is 58.2 Å². The van der Waals surface area contributed by atoms with Crippen molar-refractivity contribution in [3.8, 4) is 5.75 Å². The summed E-state index contributed by atoms with van der Waals surface area (Å²) in [6.45, 7) is 8.29. The molecule has 156 valence electrons. The standard InChI is InChI=1S/C21H27F3O4/c1-14(2)17(25)27-16-10-8-15(9-11-16)20(12-6-7-13-20)28-18(3,4)19(5,26)21(22,23)24/h8-11,26H,1,6-7,12-13H2,2-5H3. The maximum atomic E-state index is 13.4. The maximum Gasteiger partial charge on any atom is 0.419 e. The molecule has 1 aliphatic rings. The van der Waals surface area contributed by atoms with Gasteiger partial charge in [0, 0.05) is 5.57 Å². The summed E-state index contributed by atoms with van der Waals surface area (Å²) >= 11 is 0. The third-order valence-electron chi connectivity index (χ3n) is 5.53. The van der Waals surface area contributed by atoms with Crippen LogP contribution in [-0.4, -0.2) is 28.5 Å². The molecule has 4 nitrogen and oxygen atoms in total. The van der Waals surface area contributed by atoms with Crippen molar-refractivity contribution in [3.05, 3.63) is 42.0 Å². The van der Waals surface area contributed by atoms with Gasteiger partial charge in [0.2, 0.25) is 0 Å². The van der Waals surface area contributed by atoms with Gasteiger partial charge in [0.1, 0.15) is 11.4 Å². The molecule has 1 aliphatic carbocycles. The van der Waals surface area contributed by atoms with Gasteiger partial charge in [0.25, 0.3) is 0 Å². The van der Waals surface area contributed by atoms with Crippen molar-refractivity contribution in [2.75, 3.05) is 0 Å². The van der Waals surface area contributed by atoms with E-state index in [1.165, 1.54) is 20.8 Å². The zero-order chi connectivity index (χ0) is 21.4. The van der Waals surface area contributed by atoms with E-state index in [0.717, 1.165) is 19.8 Å². The van der Waals surface area contributed by atoms with Crippen molar-refractivity contribution in [2.24, 2.45) is 0 Å². The monoisotopic (exact) mass is 400 g/mol. The van der Waals surface area contributed by atoms with Crippen LogP contribution < -0.4 is 4.74 Å². The van der Waals surface area contributed by atoms with Crippen molar-refractivity contribution < 1.29 is 32.5 Å². The van der Waals surface area contributed by atoms with Crippen molar-refractivity contribution >= 4 is 5.97 Å². The topological polar surface area (TPSA) is 55.8 Å². The summed E-state index contributed by atoms with van der Waals surface area (Å²) in [5.41, 5.74) is -4.90. The number of aliphatic hydroxyl groups is 1. The normalized spacial score (nSPS) is 19.1. The molecule has 0 spiro atoms. The average molecular weight is 400 g/mol. The van der Waals surface area contributed by atoms with Gasteiger partial charge < -0.3 is 14.6 Å². The number of ether oxygens (including phenoxy) is 2. The van der Waals surface area contributed by atoms with Crippen molar-refractivity contribution in [1.82, 2.24) is 0 Å². The minimum atomic E-state index is -4.84. The molecule has 0 bridgehead atoms. The van der Waals surface area contributed by atoms with Crippen molar-refractivity contribution in [3.63, 3.8) is 0 Å². The summed E-state index contributed by atoms with van der Waals surface area (Å²) in [5.74, 6) is -0.242. The lowest BCUT2D eigenvalue weighted by Gasteiger charge is -2.46.